The van der Waals surface area contributed by atoms with E-state index < -0.39 is 0 Å². The number of carbonyl (C=O) groups excluding carboxylic acids is 1. The minimum absolute atomic E-state index is 0.121. The Labute approximate surface area is 128 Å². The second-order valence-corrected chi connectivity index (χ2v) is 5.48. The number of hydrogen-bond acceptors (Lipinski definition) is 7. The summed E-state index contributed by atoms with van der Waals surface area (Å²) in [6.45, 7) is 0. The second-order valence-electron chi connectivity index (χ2n) is 4.76. The topological polar surface area (TPSA) is 119 Å². The van der Waals surface area contributed by atoms with Crippen molar-refractivity contribution in [1.82, 2.24) is 20.3 Å². The molecule has 1 fully saturated rings. The van der Waals surface area contributed by atoms with Gasteiger partial charge in [0.05, 0.1) is 11.8 Å². The molecule has 0 saturated heterocycles. The van der Waals surface area contributed by atoms with Crippen LogP contribution in [0.3, 0.4) is 0 Å². The number of halogens is 1. The molecule has 0 aliphatic heterocycles. The summed E-state index contributed by atoms with van der Waals surface area (Å²) in [6, 6.07) is 1.96. The van der Waals surface area contributed by atoms with Crippen LogP contribution in [-0.2, 0) is 0 Å². The zero-order valence-electron chi connectivity index (χ0n) is 10.9. The summed E-state index contributed by atoms with van der Waals surface area (Å²) in [6.07, 6.45) is 4.42. The van der Waals surface area contributed by atoms with Crippen LogP contribution in [0.25, 0.3) is 0 Å². The Morgan fingerprint density at radius 3 is 2.86 bits per heavy atom. The summed E-state index contributed by atoms with van der Waals surface area (Å²) in [5.74, 6) is 0.486. The van der Waals surface area contributed by atoms with E-state index in [9.17, 15) is 4.79 Å². The number of hydrogen-bond donors (Lipinski definition) is 3. The molecule has 3 rings (SSSR count). The van der Waals surface area contributed by atoms with Gasteiger partial charge in [-0.25, -0.2) is 9.97 Å². The Morgan fingerprint density at radius 1 is 1.38 bits per heavy atom. The van der Waals surface area contributed by atoms with Crippen LogP contribution >= 0.6 is 15.9 Å². The van der Waals surface area contributed by atoms with Crippen LogP contribution in [0.4, 0.5) is 11.9 Å². The monoisotopic (exact) mass is 352 g/mol. The lowest BCUT2D eigenvalue weighted by Crippen LogP contribution is -2.49. The number of nitrogens with two attached hydrogens (primary N) is 1. The standard InChI is InChI=1S/C12H13BrN6O2/c13-9-8(1-2-21-9)10(20)17-6-3-7(4-6)18-12-16-5-15-11(14)19-12/h1-2,5-7H,3-4H2,(H,17,20)(H3,14,15,16,18,19). The van der Waals surface area contributed by atoms with Gasteiger partial charge in [0.15, 0.2) is 4.67 Å². The van der Waals surface area contributed by atoms with E-state index >= 15 is 0 Å². The Bertz CT molecular complexity index is 655. The molecule has 8 nitrogen and oxygen atoms in total. The number of nitrogens with one attached hydrogen (secondary N) is 2. The fraction of sp³-hybridized carbons (Fsp3) is 0.333. The minimum atomic E-state index is -0.150. The smallest absolute Gasteiger partial charge is 0.255 e. The summed E-state index contributed by atoms with van der Waals surface area (Å²) in [7, 11) is 0. The van der Waals surface area contributed by atoms with E-state index in [-0.39, 0.29) is 23.9 Å². The molecule has 0 bridgehead atoms. The van der Waals surface area contributed by atoms with Gasteiger partial charge in [-0.05, 0) is 34.8 Å². The molecule has 2 aromatic rings. The third-order valence-corrected chi connectivity index (χ3v) is 3.87. The molecule has 1 amide bonds. The van der Waals surface area contributed by atoms with Gasteiger partial charge >= 0.3 is 0 Å². The van der Waals surface area contributed by atoms with Gasteiger partial charge in [-0.3, -0.25) is 4.79 Å². The zero-order valence-corrected chi connectivity index (χ0v) is 12.5. The van der Waals surface area contributed by atoms with Crippen molar-refractivity contribution in [3.63, 3.8) is 0 Å². The van der Waals surface area contributed by atoms with Crippen LogP contribution in [0.5, 0.6) is 0 Å². The van der Waals surface area contributed by atoms with Crippen LogP contribution in [-0.4, -0.2) is 32.9 Å². The number of amides is 1. The van der Waals surface area contributed by atoms with Crippen LogP contribution < -0.4 is 16.4 Å². The molecule has 2 heterocycles. The molecular formula is C12H13BrN6O2. The molecule has 0 aromatic carbocycles. The molecular weight excluding hydrogens is 340 g/mol. The summed E-state index contributed by atoms with van der Waals surface area (Å²) < 4.78 is 5.48. The lowest BCUT2D eigenvalue weighted by atomic mass is 9.86. The molecule has 4 N–H and O–H groups in total. The largest absolute Gasteiger partial charge is 0.457 e. The summed E-state index contributed by atoms with van der Waals surface area (Å²) >= 11 is 3.19. The first-order valence-electron chi connectivity index (χ1n) is 6.36. The first-order chi connectivity index (χ1) is 10.1. The van der Waals surface area contributed by atoms with Gasteiger partial charge < -0.3 is 20.8 Å². The lowest BCUT2D eigenvalue weighted by molar-refractivity contribution is 0.0911. The van der Waals surface area contributed by atoms with Gasteiger partial charge in [-0.2, -0.15) is 4.98 Å². The number of rotatable bonds is 4. The number of nitrogen functional groups attached to an aromatic ring is 1. The van der Waals surface area contributed by atoms with Crippen molar-refractivity contribution < 1.29 is 9.21 Å². The number of anilines is 2. The van der Waals surface area contributed by atoms with E-state index in [2.05, 4.69) is 41.5 Å². The highest BCUT2D eigenvalue weighted by atomic mass is 79.9. The van der Waals surface area contributed by atoms with E-state index in [4.69, 9.17) is 10.2 Å². The quantitative estimate of drug-likeness (QED) is 0.755. The highest BCUT2D eigenvalue weighted by Crippen LogP contribution is 2.24. The molecule has 1 saturated carbocycles. The molecule has 0 unspecified atom stereocenters. The summed E-state index contributed by atoms with van der Waals surface area (Å²) in [5.41, 5.74) is 5.98. The molecule has 0 spiro atoms. The summed E-state index contributed by atoms with van der Waals surface area (Å²) in [4.78, 5) is 23.6. The molecule has 9 heteroatoms. The predicted molar refractivity (Wildman–Crippen MR) is 78.5 cm³/mol. The molecule has 21 heavy (non-hydrogen) atoms. The van der Waals surface area contributed by atoms with Gasteiger partial charge in [-0.1, -0.05) is 0 Å². The fourth-order valence-corrected chi connectivity index (χ4v) is 2.55. The Kier molecular flexibility index (Phi) is 3.74. The number of carbonyl (C=O) groups is 1. The van der Waals surface area contributed by atoms with Gasteiger partial charge in [0.1, 0.15) is 6.33 Å². The summed E-state index contributed by atoms with van der Waals surface area (Å²) in [5, 5.41) is 6.09. The van der Waals surface area contributed by atoms with Crippen molar-refractivity contribution in [3.8, 4) is 0 Å². The fourth-order valence-electron chi connectivity index (χ4n) is 2.13. The molecule has 1 aliphatic rings. The average Bonchev–Trinajstić information content (AvgIpc) is 2.82. The van der Waals surface area contributed by atoms with Crippen molar-refractivity contribution in [2.75, 3.05) is 11.1 Å². The minimum Gasteiger partial charge on any atom is -0.457 e. The van der Waals surface area contributed by atoms with E-state index in [0.717, 1.165) is 12.8 Å². The zero-order chi connectivity index (χ0) is 14.8. The molecule has 0 atom stereocenters. The molecule has 110 valence electrons. The predicted octanol–water partition coefficient (Wildman–Crippen LogP) is 1.18. The Balaban J connectivity index is 1.48. The van der Waals surface area contributed by atoms with Crippen molar-refractivity contribution in [1.29, 1.82) is 0 Å². The van der Waals surface area contributed by atoms with Gasteiger partial charge in [0, 0.05) is 12.1 Å². The highest BCUT2D eigenvalue weighted by molar-refractivity contribution is 9.10. The Hall–Kier alpha value is -2.16. The van der Waals surface area contributed by atoms with Crippen molar-refractivity contribution in [2.24, 2.45) is 0 Å². The van der Waals surface area contributed by atoms with Gasteiger partial charge in [0.2, 0.25) is 11.9 Å². The number of aromatic nitrogens is 3. The van der Waals surface area contributed by atoms with Gasteiger partial charge in [0.25, 0.3) is 5.91 Å². The van der Waals surface area contributed by atoms with E-state index in [1.807, 2.05) is 0 Å². The maximum atomic E-state index is 12.0. The average molecular weight is 353 g/mol. The van der Waals surface area contributed by atoms with Crippen molar-refractivity contribution >= 4 is 33.7 Å². The van der Waals surface area contributed by atoms with Crippen molar-refractivity contribution in [3.05, 3.63) is 28.9 Å². The normalized spacial score (nSPS) is 20.6. The number of furan rings is 1. The third-order valence-electron chi connectivity index (χ3n) is 3.26. The molecule has 2 aromatic heterocycles. The third kappa shape index (κ3) is 3.13. The van der Waals surface area contributed by atoms with Crippen LogP contribution in [0.2, 0.25) is 0 Å². The van der Waals surface area contributed by atoms with Crippen LogP contribution in [0.1, 0.15) is 23.2 Å². The van der Waals surface area contributed by atoms with Gasteiger partial charge in [-0.15, -0.1) is 0 Å². The van der Waals surface area contributed by atoms with Crippen molar-refractivity contribution in [2.45, 2.75) is 24.9 Å². The highest BCUT2D eigenvalue weighted by Gasteiger charge is 2.31. The maximum Gasteiger partial charge on any atom is 0.255 e. The van der Waals surface area contributed by atoms with E-state index in [0.29, 0.717) is 16.2 Å². The van der Waals surface area contributed by atoms with E-state index in [1.54, 1.807) is 6.07 Å². The molecule has 1 aliphatic carbocycles. The van der Waals surface area contributed by atoms with E-state index in [1.165, 1.54) is 12.6 Å². The SMILES string of the molecule is Nc1ncnc(NC2CC(NC(=O)c3ccoc3Br)C2)n1. The Morgan fingerprint density at radius 2 is 2.19 bits per heavy atom. The van der Waals surface area contributed by atoms with Crippen LogP contribution in [0.15, 0.2) is 27.7 Å². The van der Waals surface area contributed by atoms with Crippen LogP contribution in [0, 0.1) is 0 Å². The number of nitrogens with zero attached hydrogens (tertiary/aromatic N) is 3. The second kappa shape index (κ2) is 5.68. The molecule has 0 radical (unpaired) electrons. The first kappa shape index (κ1) is 13.8. The lowest BCUT2D eigenvalue weighted by Gasteiger charge is -2.36. The first-order valence-corrected chi connectivity index (χ1v) is 7.16. The maximum absolute atomic E-state index is 12.0.